The van der Waals surface area contributed by atoms with Gasteiger partial charge < -0.3 is 9.64 Å². The van der Waals surface area contributed by atoms with E-state index in [-0.39, 0.29) is 18.2 Å². The fourth-order valence-electron chi connectivity index (χ4n) is 3.43. The summed E-state index contributed by atoms with van der Waals surface area (Å²) in [6.07, 6.45) is 2.00. The molecule has 0 spiro atoms. The molecule has 1 fully saturated rings. The van der Waals surface area contributed by atoms with Crippen LogP contribution < -0.4 is 9.64 Å². The number of nitrogens with zero attached hydrogens (tertiary/aromatic N) is 1. The average molecular weight is 404 g/mol. The number of thioether (sulfide) groups is 1. The van der Waals surface area contributed by atoms with Crippen LogP contribution in [0.3, 0.4) is 0 Å². The van der Waals surface area contributed by atoms with Gasteiger partial charge in [0.15, 0.2) is 5.78 Å². The Bertz CT molecular complexity index is 1000. The zero-order valence-electron chi connectivity index (χ0n) is 16.1. The van der Waals surface area contributed by atoms with Crippen molar-refractivity contribution in [3.8, 4) is 5.75 Å². The molecule has 1 heterocycles. The Balaban J connectivity index is 1.46. The minimum atomic E-state index is -0.751. The van der Waals surface area contributed by atoms with Crippen LogP contribution in [0.1, 0.15) is 17.0 Å². The highest BCUT2D eigenvalue weighted by molar-refractivity contribution is 7.98. The molecule has 3 aromatic rings. The SMILES string of the molecule is CSc1ccc(N2CC(=O)C(c3ccc(OCc4ccccc4)cc3)C2=O)cc1. The molecule has 1 atom stereocenters. The zero-order valence-corrected chi connectivity index (χ0v) is 16.9. The van der Waals surface area contributed by atoms with E-state index in [0.717, 1.165) is 16.1 Å². The second kappa shape index (κ2) is 8.53. The molecule has 1 amide bonds. The maximum absolute atomic E-state index is 12.9. The number of hydrogen-bond donors (Lipinski definition) is 0. The van der Waals surface area contributed by atoms with Gasteiger partial charge in [-0.2, -0.15) is 0 Å². The lowest BCUT2D eigenvalue weighted by Gasteiger charge is -2.16. The van der Waals surface area contributed by atoms with Crippen LogP contribution in [0.4, 0.5) is 5.69 Å². The van der Waals surface area contributed by atoms with Crippen LogP contribution in [0.25, 0.3) is 0 Å². The minimum Gasteiger partial charge on any atom is -0.489 e. The van der Waals surface area contributed by atoms with Gasteiger partial charge in [0, 0.05) is 10.6 Å². The van der Waals surface area contributed by atoms with Crippen molar-refractivity contribution in [3.63, 3.8) is 0 Å². The first-order valence-electron chi connectivity index (χ1n) is 9.40. The number of rotatable bonds is 6. The normalized spacial score (nSPS) is 16.3. The van der Waals surface area contributed by atoms with Crippen LogP contribution >= 0.6 is 11.8 Å². The highest BCUT2D eigenvalue weighted by Crippen LogP contribution is 2.31. The van der Waals surface area contributed by atoms with Crippen molar-refractivity contribution in [1.29, 1.82) is 0 Å². The molecule has 0 N–H and O–H groups in total. The summed E-state index contributed by atoms with van der Waals surface area (Å²) >= 11 is 1.64. The van der Waals surface area contributed by atoms with Gasteiger partial charge >= 0.3 is 0 Å². The van der Waals surface area contributed by atoms with Gasteiger partial charge in [-0.05, 0) is 53.8 Å². The molecule has 0 bridgehead atoms. The van der Waals surface area contributed by atoms with Gasteiger partial charge in [0.1, 0.15) is 18.3 Å². The van der Waals surface area contributed by atoms with E-state index in [1.54, 1.807) is 28.8 Å². The largest absolute Gasteiger partial charge is 0.489 e. The summed E-state index contributed by atoms with van der Waals surface area (Å²) in [6.45, 7) is 0.579. The highest BCUT2D eigenvalue weighted by Gasteiger charge is 2.40. The first kappa shape index (κ1) is 19.3. The third kappa shape index (κ3) is 4.20. The molecule has 0 radical (unpaired) electrons. The average Bonchev–Trinajstić information content (AvgIpc) is 3.07. The monoisotopic (exact) mass is 403 g/mol. The van der Waals surface area contributed by atoms with Gasteiger partial charge in [0.25, 0.3) is 0 Å². The summed E-state index contributed by atoms with van der Waals surface area (Å²) in [7, 11) is 0. The van der Waals surface area contributed by atoms with Crippen LogP contribution in [-0.2, 0) is 16.2 Å². The van der Waals surface area contributed by atoms with Gasteiger partial charge in [0.05, 0.1) is 6.54 Å². The van der Waals surface area contributed by atoms with Crippen molar-refractivity contribution < 1.29 is 14.3 Å². The smallest absolute Gasteiger partial charge is 0.242 e. The van der Waals surface area contributed by atoms with Crippen molar-refractivity contribution in [2.75, 3.05) is 17.7 Å². The first-order chi connectivity index (χ1) is 14.2. The molecule has 1 unspecified atom stereocenters. The standard InChI is InChI=1S/C24H21NO3S/c1-29-21-13-9-19(10-14-21)25-15-22(26)23(24(25)27)18-7-11-20(12-8-18)28-16-17-5-3-2-4-6-17/h2-14,23H,15-16H2,1H3. The Labute approximate surface area is 174 Å². The van der Waals surface area contributed by atoms with Crippen molar-refractivity contribution in [3.05, 3.63) is 90.0 Å². The number of benzene rings is 3. The molecule has 4 nitrogen and oxygen atoms in total. The summed E-state index contributed by atoms with van der Waals surface area (Å²) < 4.78 is 5.79. The van der Waals surface area contributed by atoms with Gasteiger partial charge in [-0.15, -0.1) is 11.8 Å². The number of amides is 1. The van der Waals surface area contributed by atoms with E-state index in [0.29, 0.717) is 17.9 Å². The maximum Gasteiger partial charge on any atom is 0.242 e. The molecule has 5 heteroatoms. The van der Waals surface area contributed by atoms with E-state index in [1.807, 2.05) is 73.0 Å². The molecule has 3 aromatic carbocycles. The summed E-state index contributed by atoms with van der Waals surface area (Å²) in [5, 5.41) is 0. The molecule has 1 aliphatic rings. The van der Waals surface area contributed by atoms with Gasteiger partial charge in [-0.25, -0.2) is 0 Å². The number of ether oxygens (including phenoxy) is 1. The van der Waals surface area contributed by atoms with E-state index in [4.69, 9.17) is 4.74 Å². The molecule has 1 aliphatic heterocycles. The highest BCUT2D eigenvalue weighted by atomic mass is 32.2. The van der Waals surface area contributed by atoms with E-state index in [1.165, 1.54) is 0 Å². The topological polar surface area (TPSA) is 46.6 Å². The maximum atomic E-state index is 12.9. The number of carbonyl (C=O) groups is 2. The predicted octanol–water partition coefficient (Wildman–Crippen LogP) is 4.69. The fourth-order valence-corrected chi connectivity index (χ4v) is 3.83. The van der Waals surface area contributed by atoms with Crippen LogP contribution in [-0.4, -0.2) is 24.5 Å². The number of Topliss-reactive ketones (excluding diaryl/α,β-unsaturated/α-hetero) is 1. The third-order valence-corrected chi connectivity index (χ3v) is 5.74. The molecule has 1 saturated heterocycles. The Morgan fingerprint density at radius 2 is 1.62 bits per heavy atom. The summed E-state index contributed by atoms with van der Waals surface area (Å²) in [4.78, 5) is 28.2. The van der Waals surface area contributed by atoms with Crippen LogP contribution in [0.5, 0.6) is 5.75 Å². The van der Waals surface area contributed by atoms with Gasteiger partial charge in [-0.3, -0.25) is 9.59 Å². The zero-order chi connectivity index (χ0) is 20.2. The third-order valence-electron chi connectivity index (χ3n) is 4.99. The van der Waals surface area contributed by atoms with Crippen molar-refractivity contribution >= 4 is 29.1 Å². The first-order valence-corrected chi connectivity index (χ1v) is 10.6. The lowest BCUT2D eigenvalue weighted by Crippen LogP contribution is -2.26. The molecule has 4 rings (SSSR count). The predicted molar refractivity (Wildman–Crippen MR) is 116 cm³/mol. The van der Waals surface area contributed by atoms with Crippen molar-refractivity contribution in [1.82, 2.24) is 0 Å². The Kier molecular flexibility index (Phi) is 5.67. The molecule has 146 valence electrons. The number of ketones is 1. The number of carbonyl (C=O) groups excluding carboxylic acids is 2. The van der Waals surface area contributed by atoms with Gasteiger partial charge in [-0.1, -0.05) is 42.5 Å². The van der Waals surface area contributed by atoms with E-state index >= 15 is 0 Å². The quantitative estimate of drug-likeness (QED) is 0.443. The molecule has 0 saturated carbocycles. The lowest BCUT2D eigenvalue weighted by molar-refractivity contribution is -0.123. The van der Waals surface area contributed by atoms with E-state index in [9.17, 15) is 9.59 Å². The van der Waals surface area contributed by atoms with Crippen LogP contribution in [0.2, 0.25) is 0 Å². The van der Waals surface area contributed by atoms with Crippen molar-refractivity contribution in [2.24, 2.45) is 0 Å². The molecule has 0 aliphatic carbocycles. The molecule has 0 aromatic heterocycles. The second-order valence-corrected chi connectivity index (χ2v) is 7.74. The van der Waals surface area contributed by atoms with E-state index in [2.05, 4.69) is 0 Å². The molecular formula is C24H21NO3S. The minimum absolute atomic E-state index is 0.0816. The Hall–Kier alpha value is -3.05. The van der Waals surface area contributed by atoms with E-state index < -0.39 is 5.92 Å². The van der Waals surface area contributed by atoms with Crippen molar-refractivity contribution in [2.45, 2.75) is 17.4 Å². The number of anilines is 1. The molecule has 29 heavy (non-hydrogen) atoms. The Morgan fingerprint density at radius 3 is 2.28 bits per heavy atom. The van der Waals surface area contributed by atoms with Crippen LogP contribution in [0, 0.1) is 0 Å². The van der Waals surface area contributed by atoms with Gasteiger partial charge in [0.2, 0.25) is 5.91 Å². The molecular weight excluding hydrogens is 382 g/mol. The van der Waals surface area contributed by atoms with Crippen LogP contribution in [0.15, 0.2) is 83.8 Å². The fraction of sp³-hybridized carbons (Fsp3) is 0.167. The lowest BCUT2D eigenvalue weighted by atomic mass is 9.97. The summed E-state index contributed by atoms with van der Waals surface area (Å²) in [6, 6.07) is 24.9. The Morgan fingerprint density at radius 1 is 0.931 bits per heavy atom. The summed E-state index contributed by atoms with van der Waals surface area (Å²) in [5.41, 5.74) is 2.54. The number of hydrogen-bond acceptors (Lipinski definition) is 4. The second-order valence-electron chi connectivity index (χ2n) is 6.87. The summed E-state index contributed by atoms with van der Waals surface area (Å²) in [5.74, 6) is -0.301.